The van der Waals surface area contributed by atoms with E-state index in [0.717, 1.165) is 30.3 Å². The normalized spacial score (nSPS) is 14.2. The van der Waals surface area contributed by atoms with Gasteiger partial charge in [-0.15, -0.1) is 0 Å². The lowest BCUT2D eigenvalue weighted by Gasteiger charge is -2.22. The topological polar surface area (TPSA) is 50.8 Å². The van der Waals surface area contributed by atoms with E-state index in [1.165, 1.54) is 31.4 Å². The molecule has 2 aromatic carbocycles. The SMILES string of the molecule is COc1ccc(OCCCC(=O)Nc2ccc(N3CCCCCC3)cc2)cc1. The molecule has 0 aromatic heterocycles. The van der Waals surface area contributed by atoms with Gasteiger partial charge in [0, 0.05) is 30.9 Å². The van der Waals surface area contributed by atoms with E-state index in [-0.39, 0.29) is 5.91 Å². The van der Waals surface area contributed by atoms with Gasteiger partial charge in [0.25, 0.3) is 0 Å². The minimum absolute atomic E-state index is 0.0147. The predicted molar refractivity (Wildman–Crippen MR) is 113 cm³/mol. The second-order valence-corrected chi connectivity index (χ2v) is 7.12. The molecule has 0 radical (unpaired) electrons. The zero-order chi connectivity index (χ0) is 19.6. The van der Waals surface area contributed by atoms with Crippen molar-refractivity contribution in [2.45, 2.75) is 38.5 Å². The number of amides is 1. The molecule has 150 valence electrons. The molecule has 1 amide bonds. The molecule has 3 rings (SSSR count). The van der Waals surface area contributed by atoms with E-state index in [0.29, 0.717) is 19.4 Å². The van der Waals surface area contributed by atoms with Gasteiger partial charge in [-0.25, -0.2) is 0 Å². The fraction of sp³-hybridized carbons (Fsp3) is 0.435. The fourth-order valence-corrected chi connectivity index (χ4v) is 3.40. The van der Waals surface area contributed by atoms with Gasteiger partial charge in [-0.3, -0.25) is 4.79 Å². The summed E-state index contributed by atoms with van der Waals surface area (Å²) in [5.41, 5.74) is 2.09. The van der Waals surface area contributed by atoms with Gasteiger partial charge in [-0.2, -0.15) is 0 Å². The number of hydrogen-bond donors (Lipinski definition) is 1. The molecule has 0 aliphatic carbocycles. The predicted octanol–water partition coefficient (Wildman–Crippen LogP) is 4.87. The summed E-state index contributed by atoms with van der Waals surface area (Å²) < 4.78 is 10.8. The first-order chi connectivity index (χ1) is 13.7. The van der Waals surface area contributed by atoms with Crippen molar-refractivity contribution in [2.24, 2.45) is 0 Å². The molecule has 5 nitrogen and oxygen atoms in total. The number of carbonyl (C=O) groups excluding carboxylic acids is 1. The number of rotatable bonds is 8. The molecule has 0 bridgehead atoms. The van der Waals surface area contributed by atoms with Gasteiger partial charge in [0.2, 0.25) is 5.91 Å². The van der Waals surface area contributed by atoms with Crippen molar-refractivity contribution in [3.05, 3.63) is 48.5 Å². The molecule has 28 heavy (non-hydrogen) atoms. The van der Waals surface area contributed by atoms with Gasteiger partial charge in [-0.1, -0.05) is 12.8 Å². The lowest BCUT2D eigenvalue weighted by Crippen LogP contribution is -2.23. The van der Waals surface area contributed by atoms with Crippen molar-refractivity contribution in [3.63, 3.8) is 0 Å². The molecule has 0 unspecified atom stereocenters. The lowest BCUT2D eigenvalue weighted by molar-refractivity contribution is -0.116. The quantitative estimate of drug-likeness (QED) is 0.662. The summed E-state index contributed by atoms with van der Waals surface area (Å²) in [5.74, 6) is 1.60. The van der Waals surface area contributed by atoms with Crippen molar-refractivity contribution >= 4 is 17.3 Å². The van der Waals surface area contributed by atoms with Crippen LogP contribution in [-0.4, -0.2) is 32.7 Å². The first-order valence-electron chi connectivity index (χ1n) is 10.2. The van der Waals surface area contributed by atoms with E-state index in [4.69, 9.17) is 9.47 Å². The van der Waals surface area contributed by atoms with Crippen LogP contribution >= 0.6 is 0 Å². The van der Waals surface area contributed by atoms with E-state index >= 15 is 0 Å². The fourth-order valence-electron chi connectivity index (χ4n) is 3.40. The number of nitrogens with one attached hydrogen (secondary N) is 1. The first-order valence-corrected chi connectivity index (χ1v) is 10.2. The molecule has 0 spiro atoms. The third-order valence-corrected chi connectivity index (χ3v) is 5.00. The van der Waals surface area contributed by atoms with E-state index in [1.807, 2.05) is 36.4 Å². The zero-order valence-corrected chi connectivity index (χ0v) is 16.7. The number of benzene rings is 2. The standard InChI is InChI=1S/C23H30N2O3/c1-27-21-12-14-22(15-13-21)28-18-6-7-23(26)24-19-8-10-20(11-9-19)25-16-4-2-3-5-17-25/h8-15H,2-7,16-18H2,1H3,(H,24,26). The van der Waals surface area contributed by atoms with Crippen molar-refractivity contribution in [1.29, 1.82) is 0 Å². The monoisotopic (exact) mass is 382 g/mol. The molecule has 5 heteroatoms. The Morgan fingerprint density at radius 2 is 1.57 bits per heavy atom. The van der Waals surface area contributed by atoms with Crippen LogP contribution in [0.5, 0.6) is 11.5 Å². The molecular weight excluding hydrogens is 352 g/mol. The van der Waals surface area contributed by atoms with E-state index in [1.54, 1.807) is 7.11 Å². The van der Waals surface area contributed by atoms with Crippen molar-refractivity contribution in [2.75, 3.05) is 37.0 Å². The summed E-state index contributed by atoms with van der Waals surface area (Å²) in [6.07, 6.45) is 6.28. The van der Waals surface area contributed by atoms with Gasteiger partial charge in [0.1, 0.15) is 11.5 Å². The number of hydrogen-bond acceptors (Lipinski definition) is 4. The lowest BCUT2D eigenvalue weighted by atomic mass is 10.2. The molecule has 1 saturated heterocycles. The molecule has 0 atom stereocenters. The van der Waals surface area contributed by atoms with E-state index < -0.39 is 0 Å². The number of carbonyl (C=O) groups is 1. The van der Waals surface area contributed by atoms with Crippen molar-refractivity contribution in [1.82, 2.24) is 0 Å². The van der Waals surface area contributed by atoms with Gasteiger partial charge in [0.15, 0.2) is 0 Å². The summed E-state index contributed by atoms with van der Waals surface area (Å²) in [6, 6.07) is 15.6. The number of nitrogens with zero attached hydrogens (tertiary/aromatic N) is 1. The van der Waals surface area contributed by atoms with Crippen LogP contribution in [0.4, 0.5) is 11.4 Å². The largest absolute Gasteiger partial charge is 0.497 e. The second kappa shape index (κ2) is 10.6. The third-order valence-electron chi connectivity index (χ3n) is 5.00. The Bertz CT molecular complexity index is 721. The zero-order valence-electron chi connectivity index (χ0n) is 16.7. The van der Waals surface area contributed by atoms with Gasteiger partial charge >= 0.3 is 0 Å². The summed E-state index contributed by atoms with van der Waals surface area (Å²) in [6.45, 7) is 2.76. The molecule has 1 fully saturated rings. The first kappa shape index (κ1) is 20.1. The highest BCUT2D eigenvalue weighted by molar-refractivity contribution is 5.90. The molecule has 1 aliphatic rings. The van der Waals surface area contributed by atoms with Crippen LogP contribution in [0.25, 0.3) is 0 Å². The summed E-state index contributed by atoms with van der Waals surface area (Å²) >= 11 is 0. The third kappa shape index (κ3) is 6.19. The van der Waals surface area contributed by atoms with Gasteiger partial charge in [-0.05, 0) is 67.8 Å². The smallest absolute Gasteiger partial charge is 0.224 e. The molecule has 1 N–H and O–H groups in total. The number of methoxy groups -OCH3 is 1. The van der Waals surface area contributed by atoms with Crippen LogP contribution in [0.1, 0.15) is 38.5 Å². The van der Waals surface area contributed by atoms with E-state index in [9.17, 15) is 4.79 Å². The van der Waals surface area contributed by atoms with Crippen LogP contribution in [0.15, 0.2) is 48.5 Å². The van der Waals surface area contributed by atoms with Crippen LogP contribution in [0, 0.1) is 0 Å². The molecular formula is C23H30N2O3. The Labute approximate surface area is 167 Å². The van der Waals surface area contributed by atoms with Crippen LogP contribution in [0.2, 0.25) is 0 Å². The van der Waals surface area contributed by atoms with Crippen LogP contribution in [-0.2, 0) is 4.79 Å². The average molecular weight is 383 g/mol. The van der Waals surface area contributed by atoms with Crippen molar-refractivity contribution < 1.29 is 14.3 Å². The van der Waals surface area contributed by atoms with Crippen LogP contribution < -0.4 is 19.7 Å². The Morgan fingerprint density at radius 1 is 0.929 bits per heavy atom. The molecule has 0 saturated carbocycles. The van der Waals surface area contributed by atoms with Gasteiger partial charge in [0.05, 0.1) is 13.7 Å². The highest BCUT2D eigenvalue weighted by Gasteiger charge is 2.10. The Morgan fingerprint density at radius 3 is 2.21 bits per heavy atom. The average Bonchev–Trinajstić information content (AvgIpc) is 3.02. The maximum absolute atomic E-state index is 12.1. The van der Waals surface area contributed by atoms with Crippen molar-refractivity contribution in [3.8, 4) is 11.5 Å². The maximum atomic E-state index is 12.1. The summed E-state index contributed by atoms with van der Waals surface area (Å²) in [7, 11) is 1.64. The van der Waals surface area contributed by atoms with E-state index in [2.05, 4.69) is 22.3 Å². The highest BCUT2D eigenvalue weighted by atomic mass is 16.5. The Balaban J connectivity index is 1.38. The highest BCUT2D eigenvalue weighted by Crippen LogP contribution is 2.22. The summed E-state index contributed by atoms with van der Waals surface area (Å²) in [5, 5.41) is 2.97. The molecule has 1 heterocycles. The Hall–Kier alpha value is -2.69. The summed E-state index contributed by atoms with van der Waals surface area (Å²) in [4.78, 5) is 14.6. The molecule has 2 aromatic rings. The molecule has 1 aliphatic heterocycles. The Kier molecular flexibility index (Phi) is 7.59. The number of anilines is 2. The minimum Gasteiger partial charge on any atom is -0.497 e. The maximum Gasteiger partial charge on any atom is 0.224 e. The number of ether oxygens (including phenoxy) is 2. The van der Waals surface area contributed by atoms with Crippen LogP contribution in [0.3, 0.4) is 0 Å². The minimum atomic E-state index is 0.0147. The second-order valence-electron chi connectivity index (χ2n) is 7.12. The van der Waals surface area contributed by atoms with Gasteiger partial charge < -0.3 is 19.7 Å².